The van der Waals surface area contributed by atoms with E-state index < -0.39 is 24.2 Å². The highest BCUT2D eigenvalue weighted by Crippen LogP contribution is 2.44. The van der Waals surface area contributed by atoms with E-state index in [1.807, 2.05) is 0 Å². The van der Waals surface area contributed by atoms with Gasteiger partial charge in [0.1, 0.15) is 17.1 Å². The average Bonchev–Trinajstić information content (AvgIpc) is 3.10. The predicted octanol–water partition coefficient (Wildman–Crippen LogP) is 2.93. The van der Waals surface area contributed by atoms with Crippen molar-refractivity contribution in [3.8, 4) is 5.75 Å². The van der Waals surface area contributed by atoms with E-state index in [1.54, 1.807) is 24.3 Å². The van der Waals surface area contributed by atoms with Crippen LogP contribution in [-0.2, 0) is 4.74 Å². The van der Waals surface area contributed by atoms with E-state index in [4.69, 9.17) is 9.47 Å². The maximum Gasteiger partial charge on any atom is 0.410 e. The van der Waals surface area contributed by atoms with Gasteiger partial charge in [0.2, 0.25) is 0 Å². The monoisotopic (exact) mass is 398 g/mol. The van der Waals surface area contributed by atoms with Crippen molar-refractivity contribution in [2.24, 2.45) is 0 Å². The number of anilines is 1. The van der Waals surface area contributed by atoms with E-state index in [2.05, 4.69) is 15.7 Å². The van der Waals surface area contributed by atoms with E-state index >= 15 is 0 Å². The molecule has 7 nitrogen and oxygen atoms in total. The zero-order valence-electron chi connectivity index (χ0n) is 15.4. The molecule has 10 heteroatoms. The predicted molar refractivity (Wildman–Crippen MR) is 95.5 cm³/mol. The van der Waals surface area contributed by atoms with Gasteiger partial charge in [0, 0.05) is 20.1 Å². The Kier molecular flexibility index (Phi) is 5.78. The molecule has 1 aromatic carbocycles. The summed E-state index contributed by atoms with van der Waals surface area (Å²) in [6.07, 6.45) is -3.61. The number of hydrogen-bond acceptors (Lipinski definition) is 5. The van der Waals surface area contributed by atoms with E-state index in [0.29, 0.717) is 17.9 Å². The lowest BCUT2D eigenvalue weighted by Gasteiger charge is -2.34. The summed E-state index contributed by atoms with van der Waals surface area (Å²) >= 11 is 0. The largest absolute Gasteiger partial charge is 0.497 e. The third-order valence-corrected chi connectivity index (χ3v) is 4.57. The molecule has 1 aliphatic rings. The minimum atomic E-state index is -4.51. The Bertz CT molecular complexity index is 838. The minimum Gasteiger partial charge on any atom is -0.497 e. The van der Waals surface area contributed by atoms with Gasteiger partial charge in [0.25, 0.3) is 5.91 Å². The summed E-state index contributed by atoms with van der Waals surface area (Å²) in [5, 5.41) is 9.48. The topological polar surface area (TPSA) is 77.4 Å². The first-order chi connectivity index (χ1) is 13.3. The Morgan fingerprint density at radius 3 is 2.86 bits per heavy atom. The summed E-state index contributed by atoms with van der Waals surface area (Å²) in [5.74, 6) is 0.0637. The molecule has 2 heterocycles. The fourth-order valence-electron chi connectivity index (χ4n) is 3.17. The van der Waals surface area contributed by atoms with Crippen molar-refractivity contribution < 1.29 is 27.4 Å². The van der Waals surface area contributed by atoms with Gasteiger partial charge in [-0.25, -0.2) is 4.68 Å². The number of nitrogens with zero attached hydrogens (tertiary/aromatic N) is 2. The van der Waals surface area contributed by atoms with Gasteiger partial charge in [-0.05, 0) is 17.7 Å². The molecule has 2 N–H and O–H groups in total. The lowest BCUT2D eigenvalue weighted by molar-refractivity contribution is -0.173. The number of carbonyl (C=O) groups is 1. The molecule has 1 aromatic heterocycles. The molecule has 0 radical (unpaired) electrons. The van der Waals surface area contributed by atoms with Gasteiger partial charge >= 0.3 is 6.18 Å². The van der Waals surface area contributed by atoms with Crippen LogP contribution >= 0.6 is 0 Å². The minimum absolute atomic E-state index is 0.0383. The van der Waals surface area contributed by atoms with Crippen LogP contribution in [0.4, 0.5) is 19.0 Å². The summed E-state index contributed by atoms with van der Waals surface area (Å²) in [4.78, 5) is 12.4. The Labute approximate surface area is 159 Å². The molecule has 1 amide bonds. The molecule has 0 aliphatic carbocycles. The molecule has 0 fully saturated rings. The number of alkyl halides is 3. The molecule has 2 aromatic rings. The maximum absolute atomic E-state index is 13.7. The Hall–Kier alpha value is -2.75. The van der Waals surface area contributed by atoms with Crippen molar-refractivity contribution in [1.82, 2.24) is 15.1 Å². The fraction of sp³-hybridized carbons (Fsp3) is 0.444. The molecule has 0 saturated heterocycles. The van der Waals surface area contributed by atoms with Gasteiger partial charge in [-0.3, -0.25) is 4.79 Å². The smallest absolute Gasteiger partial charge is 0.410 e. The fourth-order valence-corrected chi connectivity index (χ4v) is 3.17. The highest BCUT2D eigenvalue weighted by atomic mass is 19.4. The molecule has 2 unspecified atom stereocenters. The Balaban J connectivity index is 1.95. The SMILES string of the molecule is COCCNC(=O)c1cnn2c1NC(c1cccc(OC)c1)CC2C(F)(F)F. The van der Waals surface area contributed by atoms with Crippen LogP contribution in [0.2, 0.25) is 0 Å². The molecule has 3 rings (SSSR count). The molecule has 0 saturated carbocycles. The molecule has 0 spiro atoms. The molecule has 1 aliphatic heterocycles. The lowest BCUT2D eigenvalue weighted by Crippen LogP contribution is -2.36. The summed E-state index contributed by atoms with van der Waals surface area (Å²) in [7, 11) is 2.98. The number of aromatic nitrogens is 2. The zero-order valence-corrected chi connectivity index (χ0v) is 15.4. The molecule has 0 bridgehead atoms. The standard InChI is InChI=1S/C18H21F3N4O3/c1-27-7-6-22-17(26)13-10-23-25-15(18(19,20)21)9-14(24-16(13)25)11-4-3-5-12(8-11)28-2/h3-5,8,10,14-15,24H,6-7,9H2,1-2H3,(H,22,26). The van der Waals surface area contributed by atoms with Crippen molar-refractivity contribution in [3.63, 3.8) is 0 Å². The van der Waals surface area contributed by atoms with Crippen LogP contribution in [0.3, 0.4) is 0 Å². The van der Waals surface area contributed by atoms with Crippen molar-refractivity contribution in [2.45, 2.75) is 24.7 Å². The van der Waals surface area contributed by atoms with Gasteiger partial charge in [-0.15, -0.1) is 0 Å². The lowest BCUT2D eigenvalue weighted by atomic mass is 9.96. The third-order valence-electron chi connectivity index (χ3n) is 4.57. The molecule has 152 valence electrons. The molecular formula is C18H21F3N4O3. The van der Waals surface area contributed by atoms with Crippen LogP contribution in [0, 0.1) is 0 Å². The van der Waals surface area contributed by atoms with Gasteiger partial charge in [-0.1, -0.05) is 12.1 Å². The van der Waals surface area contributed by atoms with Crippen molar-refractivity contribution in [1.29, 1.82) is 0 Å². The third kappa shape index (κ3) is 4.06. The zero-order chi connectivity index (χ0) is 20.3. The number of benzene rings is 1. The van der Waals surface area contributed by atoms with E-state index in [-0.39, 0.29) is 24.3 Å². The molecule has 28 heavy (non-hydrogen) atoms. The first-order valence-corrected chi connectivity index (χ1v) is 8.67. The van der Waals surface area contributed by atoms with Crippen molar-refractivity contribution in [2.75, 3.05) is 32.7 Å². The van der Waals surface area contributed by atoms with Crippen molar-refractivity contribution in [3.05, 3.63) is 41.6 Å². The molecule has 2 atom stereocenters. The number of ether oxygens (including phenoxy) is 2. The summed E-state index contributed by atoms with van der Waals surface area (Å²) < 4.78 is 51.9. The van der Waals surface area contributed by atoms with E-state index in [9.17, 15) is 18.0 Å². The maximum atomic E-state index is 13.7. The number of halogens is 3. The van der Waals surface area contributed by atoms with Crippen LogP contribution in [0.15, 0.2) is 30.5 Å². The van der Waals surface area contributed by atoms with Crippen LogP contribution < -0.4 is 15.4 Å². The highest BCUT2D eigenvalue weighted by Gasteiger charge is 2.47. The average molecular weight is 398 g/mol. The van der Waals surface area contributed by atoms with Crippen molar-refractivity contribution >= 4 is 11.7 Å². The first kappa shape index (κ1) is 20.0. The van der Waals surface area contributed by atoms with Crippen LogP contribution in [0.5, 0.6) is 5.75 Å². The van der Waals surface area contributed by atoms with Gasteiger partial charge in [0.15, 0.2) is 6.04 Å². The van der Waals surface area contributed by atoms with E-state index in [1.165, 1.54) is 14.2 Å². The van der Waals surface area contributed by atoms with Gasteiger partial charge in [-0.2, -0.15) is 18.3 Å². The van der Waals surface area contributed by atoms with Gasteiger partial charge in [0.05, 0.1) is 26.0 Å². The highest BCUT2D eigenvalue weighted by molar-refractivity contribution is 5.98. The summed E-state index contributed by atoms with van der Waals surface area (Å²) in [5.41, 5.74) is 0.685. The second-order valence-corrected chi connectivity index (χ2v) is 6.37. The first-order valence-electron chi connectivity index (χ1n) is 8.67. The second-order valence-electron chi connectivity index (χ2n) is 6.37. The number of fused-ring (bicyclic) bond motifs is 1. The summed E-state index contributed by atoms with van der Waals surface area (Å²) in [6.45, 7) is 0.530. The normalized spacial score (nSPS) is 18.9. The number of hydrogen-bond donors (Lipinski definition) is 2. The Morgan fingerprint density at radius 1 is 1.39 bits per heavy atom. The number of nitrogens with one attached hydrogen (secondary N) is 2. The van der Waals surface area contributed by atoms with Gasteiger partial charge < -0.3 is 20.1 Å². The van der Waals surface area contributed by atoms with Crippen LogP contribution in [0.1, 0.15) is 34.4 Å². The number of carbonyl (C=O) groups excluding carboxylic acids is 1. The summed E-state index contributed by atoms with van der Waals surface area (Å²) in [6, 6.07) is 4.32. The van der Waals surface area contributed by atoms with Crippen LogP contribution in [0.25, 0.3) is 0 Å². The number of methoxy groups -OCH3 is 2. The number of amides is 1. The van der Waals surface area contributed by atoms with Crippen LogP contribution in [-0.4, -0.2) is 49.2 Å². The number of rotatable bonds is 6. The molecular weight excluding hydrogens is 377 g/mol. The van der Waals surface area contributed by atoms with E-state index in [0.717, 1.165) is 10.9 Å². The Morgan fingerprint density at radius 2 is 2.18 bits per heavy atom. The second kappa shape index (κ2) is 8.09. The quantitative estimate of drug-likeness (QED) is 0.732.